The quantitative estimate of drug-likeness (QED) is 0.372. The third-order valence-corrected chi connectivity index (χ3v) is 3.87. The first kappa shape index (κ1) is 16.4. The van der Waals surface area contributed by atoms with Crippen LogP contribution in [0.1, 0.15) is 13.3 Å². The van der Waals surface area contributed by atoms with Crippen LogP contribution in [0.25, 0.3) is 0 Å². The average Bonchev–Trinajstić information content (AvgIpc) is 2.47. The van der Waals surface area contributed by atoms with E-state index in [0.717, 1.165) is 13.0 Å². The molecule has 0 saturated carbocycles. The van der Waals surface area contributed by atoms with Gasteiger partial charge in [0.1, 0.15) is 4.90 Å². The molecule has 20 heavy (non-hydrogen) atoms. The minimum Gasteiger partial charge on any atom is -0.356 e. The topological polar surface area (TPSA) is 95.5 Å². The van der Waals surface area contributed by atoms with Crippen molar-refractivity contribution in [3.63, 3.8) is 0 Å². The Labute approximate surface area is 120 Å². The number of aliphatic imine (C=N–C) groups is 1. The molecule has 0 aliphatic carbocycles. The SMILES string of the molecule is CCCNC(=NC)NCCNS(=O)(=O)c1cccnc1. The molecule has 0 aliphatic heterocycles. The molecule has 0 amide bonds. The van der Waals surface area contributed by atoms with Crippen LogP contribution in [0, 0.1) is 0 Å². The first-order valence-corrected chi connectivity index (χ1v) is 7.92. The summed E-state index contributed by atoms with van der Waals surface area (Å²) in [6.45, 7) is 3.59. The Morgan fingerprint density at radius 2 is 2.05 bits per heavy atom. The lowest BCUT2D eigenvalue weighted by molar-refractivity contribution is 0.580. The molecule has 0 bridgehead atoms. The molecule has 0 fully saturated rings. The second kappa shape index (κ2) is 8.49. The molecular weight excluding hydrogens is 278 g/mol. The first-order chi connectivity index (χ1) is 9.60. The summed E-state index contributed by atoms with van der Waals surface area (Å²) in [6.07, 6.45) is 3.84. The van der Waals surface area contributed by atoms with Crippen LogP contribution in [-0.4, -0.2) is 46.0 Å². The number of hydrogen-bond donors (Lipinski definition) is 3. The molecule has 0 radical (unpaired) electrons. The number of nitrogens with one attached hydrogen (secondary N) is 3. The predicted octanol–water partition coefficient (Wildman–Crippen LogP) is -0.0651. The largest absolute Gasteiger partial charge is 0.356 e. The molecule has 3 N–H and O–H groups in total. The minimum atomic E-state index is -3.49. The number of sulfonamides is 1. The summed E-state index contributed by atoms with van der Waals surface area (Å²) in [4.78, 5) is 7.98. The van der Waals surface area contributed by atoms with Crippen molar-refractivity contribution in [3.05, 3.63) is 24.5 Å². The molecular formula is C12H21N5O2S. The lowest BCUT2D eigenvalue weighted by Gasteiger charge is -2.11. The van der Waals surface area contributed by atoms with Crippen LogP contribution >= 0.6 is 0 Å². The molecule has 0 saturated heterocycles. The lowest BCUT2D eigenvalue weighted by Crippen LogP contribution is -2.41. The molecule has 8 heteroatoms. The van der Waals surface area contributed by atoms with Gasteiger partial charge in [-0.25, -0.2) is 13.1 Å². The van der Waals surface area contributed by atoms with Crippen molar-refractivity contribution in [1.29, 1.82) is 0 Å². The molecule has 0 aromatic carbocycles. The van der Waals surface area contributed by atoms with E-state index in [1.54, 1.807) is 13.1 Å². The van der Waals surface area contributed by atoms with Crippen LogP contribution < -0.4 is 15.4 Å². The monoisotopic (exact) mass is 299 g/mol. The van der Waals surface area contributed by atoms with Crippen molar-refractivity contribution >= 4 is 16.0 Å². The highest BCUT2D eigenvalue weighted by Crippen LogP contribution is 2.04. The number of pyridine rings is 1. The molecule has 0 spiro atoms. The van der Waals surface area contributed by atoms with Gasteiger partial charge in [0.15, 0.2) is 5.96 Å². The second-order valence-electron chi connectivity index (χ2n) is 4.01. The van der Waals surface area contributed by atoms with E-state index in [9.17, 15) is 8.42 Å². The Hall–Kier alpha value is -1.67. The van der Waals surface area contributed by atoms with E-state index < -0.39 is 10.0 Å². The summed E-state index contributed by atoms with van der Waals surface area (Å²) < 4.78 is 26.3. The molecule has 0 atom stereocenters. The summed E-state index contributed by atoms with van der Waals surface area (Å²) >= 11 is 0. The normalized spacial score (nSPS) is 12.2. The number of hydrogen-bond acceptors (Lipinski definition) is 4. The first-order valence-electron chi connectivity index (χ1n) is 6.44. The second-order valence-corrected chi connectivity index (χ2v) is 5.78. The van der Waals surface area contributed by atoms with E-state index in [1.165, 1.54) is 18.5 Å². The Morgan fingerprint density at radius 1 is 1.30 bits per heavy atom. The zero-order valence-corrected chi connectivity index (χ0v) is 12.6. The predicted molar refractivity (Wildman–Crippen MR) is 79.1 cm³/mol. The Kier molecular flexibility index (Phi) is 6.96. The summed E-state index contributed by atoms with van der Waals surface area (Å²) in [5.41, 5.74) is 0. The number of guanidine groups is 1. The highest BCUT2D eigenvalue weighted by Gasteiger charge is 2.12. The fourth-order valence-electron chi connectivity index (χ4n) is 1.42. The van der Waals surface area contributed by atoms with E-state index in [4.69, 9.17) is 0 Å². The van der Waals surface area contributed by atoms with Crippen molar-refractivity contribution < 1.29 is 8.42 Å². The highest BCUT2D eigenvalue weighted by atomic mass is 32.2. The maximum absolute atomic E-state index is 11.9. The summed E-state index contributed by atoms with van der Waals surface area (Å²) in [5.74, 6) is 0.660. The standard InChI is InChI=1S/C12H21N5O2S/c1-3-6-15-12(13-2)16-8-9-17-20(18,19)11-5-4-7-14-10-11/h4-5,7,10,17H,3,6,8-9H2,1-2H3,(H2,13,15,16). The highest BCUT2D eigenvalue weighted by molar-refractivity contribution is 7.89. The fraction of sp³-hybridized carbons (Fsp3) is 0.500. The maximum Gasteiger partial charge on any atom is 0.242 e. The van der Waals surface area contributed by atoms with Gasteiger partial charge < -0.3 is 10.6 Å². The van der Waals surface area contributed by atoms with Gasteiger partial charge in [0, 0.05) is 39.1 Å². The summed E-state index contributed by atoms with van der Waals surface area (Å²) in [5, 5.41) is 6.12. The van der Waals surface area contributed by atoms with Gasteiger partial charge in [-0.05, 0) is 18.6 Å². The number of aromatic nitrogens is 1. The molecule has 112 valence electrons. The van der Waals surface area contributed by atoms with Gasteiger partial charge in [0.05, 0.1) is 0 Å². The zero-order valence-electron chi connectivity index (χ0n) is 11.8. The number of nitrogens with zero attached hydrogens (tertiary/aromatic N) is 2. The van der Waals surface area contributed by atoms with Crippen molar-refractivity contribution in [3.8, 4) is 0 Å². The van der Waals surface area contributed by atoms with Crippen LogP contribution in [0.2, 0.25) is 0 Å². The Balaban J connectivity index is 2.37. The third-order valence-electron chi connectivity index (χ3n) is 2.42. The minimum absolute atomic E-state index is 0.161. The van der Waals surface area contributed by atoms with Gasteiger partial charge in [-0.1, -0.05) is 6.92 Å². The molecule has 1 aromatic rings. The molecule has 0 aliphatic rings. The Morgan fingerprint density at radius 3 is 2.65 bits per heavy atom. The van der Waals surface area contributed by atoms with Crippen molar-refractivity contribution in [2.75, 3.05) is 26.7 Å². The molecule has 1 rings (SSSR count). The van der Waals surface area contributed by atoms with Crippen LogP contribution in [0.3, 0.4) is 0 Å². The van der Waals surface area contributed by atoms with E-state index in [0.29, 0.717) is 12.5 Å². The molecule has 0 unspecified atom stereocenters. The van der Waals surface area contributed by atoms with Gasteiger partial charge in [-0.3, -0.25) is 9.98 Å². The van der Waals surface area contributed by atoms with Gasteiger partial charge in [-0.15, -0.1) is 0 Å². The summed E-state index contributed by atoms with van der Waals surface area (Å²) in [7, 11) is -1.82. The smallest absolute Gasteiger partial charge is 0.242 e. The van der Waals surface area contributed by atoms with Crippen molar-refractivity contribution in [2.45, 2.75) is 18.2 Å². The van der Waals surface area contributed by atoms with Gasteiger partial charge in [0.25, 0.3) is 0 Å². The summed E-state index contributed by atoms with van der Waals surface area (Å²) in [6, 6.07) is 3.09. The van der Waals surface area contributed by atoms with E-state index >= 15 is 0 Å². The van der Waals surface area contributed by atoms with Crippen molar-refractivity contribution in [2.24, 2.45) is 4.99 Å². The lowest BCUT2D eigenvalue weighted by atomic mass is 10.5. The van der Waals surface area contributed by atoms with Crippen LogP contribution in [0.4, 0.5) is 0 Å². The van der Waals surface area contributed by atoms with Crippen molar-refractivity contribution in [1.82, 2.24) is 20.3 Å². The average molecular weight is 299 g/mol. The van der Waals surface area contributed by atoms with Crippen LogP contribution in [-0.2, 0) is 10.0 Å². The third kappa shape index (κ3) is 5.54. The zero-order chi connectivity index (χ0) is 14.8. The fourth-order valence-corrected chi connectivity index (χ4v) is 2.41. The van der Waals surface area contributed by atoms with Crippen LogP contribution in [0.15, 0.2) is 34.4 Å². The van der Waals surface area contributed by atoms with Gasteiger partial charge in [-0.2, -0.15) is 0 Å². The molecule has 1 aromatic heterocycles. The number of rotatable bonds is 7. The molecule has 1 heterocycles. The van der Waals surface area contributed by atoms with E-state index in [-0.39, 0.29) is 11.4 Å². The van der Waals surface area contributed by atoms with Gasteiger partial charge >= 0.3 is 0 Å². The Bertz CT molecular complexity index is 516. The van der Waals surface area contributed by atoms with E-state index in [1.807, 2.05) is 0 Å². The van der Waals surface area contributed by atoms with Gasteiger partial charge in [0.2, 0.25) is 10.0 Å². The molecule has 7 nitrogen and oxygen atoms in total. The maximum atomic E-state index is 11.9. The van der Waals surface area contributed by atoms with Crippen LogP contribution in [0.5, 0.6) is 0 Å². The van der Waals surface area contributed by atoms with E-state index in [2.05, 4.69) is 32.3 Å².